The van der Waals surface area contributed by atoms with Crippen LogP contribution in [0.5, 0.6) is 0 Å². The second kappa shape index (κ2) is 6.82. The molecular weight excluding hydrogens is 264 g/mol. The molecule has 0 amide bonds. The third-order valence-electron chi connectivity index (χ3n) is 3.32. The van der Waals surface area contributed by atoms with Crippen molar-refractivity contribution in [2.45, 2.75) is 29.8 Å². The number of carbonyl (C=O) groups is 1. The van der Waals surface area contributed by atoms with Gasteiger partial charge in [-0.2, -0.15) is 0 Å². The molecule has 1 fully saturated rings. The Bertz CT molecular complexity index is 440. The summed E-state index contributed by atoms with van der Waals surface area (Å²) in [5.41, 5.74) is 0.912. The zero-order valence-electron chi connectivity index (χ0n) is 10.7. The number of hydrogen-bond acceptors (Lipinski definition) is 3. The number of benzene rings is 1. The van der Waals surface area contributed by atoms with Crippen LogP contribution in [0.3, 0.4) is 0 Å². The maximum absolute atomic E-state index is 12.4. The molecule has 1 aliphatic heterocycles. The highest BCUT2D eigenvalue weighted by Gasteiger charge is 2.31. The highest BCUT2D eigenvalue weighted by molar-refractivity contribution is 7.87. The van der Waals surface area contributed by atoms with Crippen LogP contribution >= 0.6 is 0 Å². The SMILES string of the molecule is O=C(O)C(Cc1ccccc1)S(=O)C1CCOCC1. The molecule has 1 aromatic rings. The molecular formula is C14H18O4S. The van der Waals surface area contributed by atoms with Crippen LogP contribution in [-0.4, -0.2) is 39.0 Å². The number of carboxylic acid groups (broad SMARTS) is 1. The highest BCUT2D eigenvalue weighted by Crippen LogP contribution is 2.19. The molecule has 4 nitrogen and oxygen atoms in total. The van der Waals surface area contributed by atoms with Crippen molar-refractivity contribution in [1.82, 2.24) is 0 Å². The van der Waals surface area contributed by atoms with Crippen molar-refractivity contribution in [2.75, 3.05) is 13.2 Å². The van der Waals surface area contributed by atoms with Gasteiger partial charge in [-0.1, -0.05) is 30.3 Å². The van der Waals surface area contributed by atoms with Crippen LogP contribution < -0.4 is 0 Å². The van der Waals surface area contributed by atoms with E-state index in [0.29, 0.717) is 32.5 Å². The Morgan fingerprint density at radius 2 is 1.95 bits per heavy atom. The van der Waals surface area contributed by atoms with E-state index in [1.807, 2.05) is 30.3 Å². The predicted octanol–water partition coefficient (Wildman–Crippen LogP) is 1.61. The third-order valence-corrected chi connectivity index (χ3v) is 5.37. The van der Waals surface area contributed by atoms with Gasteiger partial charge in [-0.05, 0) is 24.8 Å². The van der Waals surface area contributed by atoms with Crippen molar-refractivity contribution in [3.05, 3.63) is 35.9 Å². The molecule has 1 heterocycles. The van der Waals surface area contributed by atoms with Crippen LogP contribution in [0, 0.1) is 0 Å². The molecule has 1 N–H and O–H groups in total. The number of carboxylic acids is 1. The molecule has 0 radical (unpaired) electrons. The van der Waals surface area contributed by atoms with Gasteiger partial charge in [-0.25, -0.2) is 0 Å². The summed E-state index contributed by atoms with van der Waals surface area (Å²) >= 11 is 0. The van der Waals surface area contributed by atoms with Crippen LogP contribution in [-0.2, 0) is 26.8 Å². The van der Waals surface area contributed by atoms with Crippen molar-refractivity contribution in [2.24, 2.45) is 0 Å². The van der Waals surface area contributed by atoms with Gasteiger partial charge < -0.3 is 9.84 Å². The molecule has 2 rings (SSSR count). The summed E-state index contributed by atoms with van der Waals surface area (Å²) in [6, 6.07) is 9.36. The molecule has 2 unspecified atom stereocenters. The third kappa shape index (κ3) is 3.88. The lowest BCUT2D eigenvalue weighted by atomic mass is 10.1. The summed E-state index contributed by atoms with van der Waals surface area (Å²) in [6.07, 6.45) is 1.69. The van der Waals surface area contributed by atoms with Gasteiger partial charge in [-0.3, -0.25) is 9.00 Å². The average Bonchev–Trinajstić information content (AvgIpc) is 2.46. The summed E-state index contributed by atoms with van der Waals surface area (Å²) < 4.78 is 17.6. The molecule has 1 aliphatic rings. The first-order valence-electron chi connectivity index (χ1n) is 6.42. The Hall–Kier alpha value is -1.20. The molecule has 1 saturated heterocycles. The first-order valence-corrected chi connectivity index (χ1v) is 7.70. The fourth-order valence-corrected chi connectivity index (χ4v) is 3.91. The van der Waals surface area contributed by atoms with E-state index in [1.54, 1.807) is 0 Å². The lowest BCUT2D eigenvalue weighted by Gasteiger charge is -2.24. The molecule has 104 valence electrons. The molecule has 0 aliphatic carbocycles. The Kier molecular flexibility index (Phi) is 5.10. The lowest BCUT2D eigenvalue weighted by molar-refractivity contribution is -0.136. The minimum Gasteiger partial charge on any atom is -0.480 e. The zero-order valence-corrected chi connectivity index (χ0v) is 11.5. The van der Waals surface area contributed by atoms with E-state index in [4.69, 9.17) is 4.74 Å². The van der Waals surface area contributed by atoms with E-state index in [0.717, 1.165) is 5.56 Å². The fraction of sp³-hybridized carbons (Fsp3) is 0.500. The first-order chi connectivity index (χ1) is 9.18. The van der Waals surface area contributed by atoms with Gasteiger partial charge in [0.2, 0.25) is 0 Å². The highest BCUT2D eigenvalue weighted by atomic mass is 32.2. The second-order valence-electron chi connectivity index (χ2n) is 4.66. The van der Waals surface area contributed by atoms with Crippen molar-refractivity contribution in [3.63, 3.8) is 0 Å². The minimum atomic E-state index is -1.35. The van der Waals surface area contributed by atoms with Crippen LogP contribution in [0.2, 0.25) is 0 Å². The van der Waals surface area contributed by atoms with Gasteiger partial charge >= 0.3 is 5.97 Å². The lowest BCUT2D eigenvalue weighted by Crippen LogP contribution is -2.37. The first kappa shape index (κ1) is 14.2. The maximum atomic E-state index is 12.4. The van der Waals surface area contributed by atoms with Crippen LogP contribution in [0.25, 0.3) is 0 Å². The minimum absolute atomic E-state index is 0.0569. The topological polar surface area (TPSA) is 63.6 Å². The molecule has 0 bridgehead atoms. The quantitative estimate of drug-likeness (QED) is 0.891. The van der Waals surface area contributed by atoms with Crippen LogP contribution in [0.1, 0.15) is 18.4 Å². The molecule has 1 aromatic carbocycles. The van der Waals surface area contributed by atoms with Gasteiger partial charge in [-0.15, -0.1) is 0 Å². The maximum Gasteiger partial charge on any atom is 0.319 e. The van der Waals surface area contributed by atoms with Crippen molar-refractivity contribution < 1.29 is 18.8 Å². The smallest absolute Gasteiger partial charge is 0.319 e. The van der Waals surface area contributed by atoms with E-state index >= 15 is 0 Å². The van der Waals surface area contributed by atoms with E-state index in [1.165, 1.54) is 0 Å². The number of aliphatic carboxylic acids is 1. The molecule has 19 heavy (non-hydrogen) atoms. The monoisotopic (exact) mass is 282 g/mol. The normalized spacial score (nSPS) is 19.8. The average molecular weight is 282 g/mol. The van der Waals surface area contributed by atoms with Crippen molar-refractivity contribution >= 4 is 16.8 Å². The van der Waals surface area contributed by atoms with E-state index in [9.17, 15) is 14.1 Å². The van der Waals surface area contributed by atoms with Crippen LogP contribution in [0.15, 0.2) is 30.3 Å². The van der Waals surface area contributed by atoms with Gasteiger partial charge in [0.15, 0.2) is 0 Å². The van der Waals surface area contributed by atoms with E-state index < -0.39 is 22.0 Å². The Morgan fingerprint density at radius 1 is 1.32 bits per heavy atom. The van der Waals surface area contributed by atoms with Crippen molar-refractivity contribution in [3.8, 4) is 0 Å². The summed E-state index contributed by atoms with van der Waals surface area (Å²) in [5.74, 6) is -0.978. The van der Waals surface area contributed by atoms with Gasteiger partial charge in [0, 0.05) is 29.3 Å². The van der Waals surface area contributed by atoms with Gasteiger partial charge in [0.1, 0.15) is 5.25 Å². The number of ether oxygens (including phenoxy) is 1. The van der Waals surface area contributed by atoms with Crippen molar-refractivity contribution in [1.29, 1.82) is 0 Å². The van der Waals surface area contributed by atoms with E-state index in [-0.39, 0.29) is 5.25 Å². The fourth-order valence-electron chi connectivity index (χ4n) is 2.24. The zero-order chi connectivity index (χ0) is 13.7. The molecule has 0 aromatic heterocycles. The summed E-state index contributed by atoms with van der Waals surface area (Å²) in [7, 11) is -1.35. The summed E-state index contributed by atoms with van der Waals surface area (Å²) in [5, 5.41) is 8.43. The predicted molar refractivity (Wildman–Crippen MR) is 73.6 cm³/mol. The Morgan fingerprint density at radius 3 is 2.53 bits per heavy atom. The number of hydrogen-bond donors (Lipinski definition) is 1. The second-order valence-corrected chi connectivity index (χ2v) is 6.55. The molecule has 0 spiro atoms. The molecule has 2 atom stereocenters. The van der Waals surface area contributed by atoms with Crippen LogP contribution in [0.4, 0.5) is 0 Å². The van der Waals surface area contributed by atoms with Gasteiger partial charge in [0.05, 0.1) is 0 Å². The summed E-state index contributed by atoms with van der Waals surface area (Å²) in [4.78, 5) is 11.4. The van der Waals surface area contributed by atoms with E-state index in [2.05, 4.69) is 0 Å². The largest absolute Gasteiger partial charge is 0.480 e. The standard InChI is InChI=1S/C14H18O4S/c15-14(16)13(10-11-4-2-1-3-5-11)19(17)12-6-8-18-9-7-12/h1-5,12-13H,6-10H2,(H,15,16). The summed E-state index contributed by atoms with van der Waals surface area (Å²) in [6.45, 7) is 1.15. The Labute approximate surface area is 115 Å². The Balaban J connectivity index is 2.07. The van der Waals surface area contributed by atoms with Gasteiger partial charge in [0.25, 0.3) is 0 Å². The number of rotatable bonds is 5. The molecule has 5 heteroatoms. The molecule has 0 saturated carbocycles.